The summed E-state index contributed by atoms with van der Waals surface area (Å²) in [5, 5.41) is 6.50. The zero-order valence-corrected chi connectivity index (χ0v) is 19.3. The third-order valence-electron chi connectivity index (χ3n) is 4.64. The first-order valence-electron chi connectivity index (χ1n) is 9.84. The molecule has 0 atom stereocenters. The molecule has 0 saturated carbocycles. The monoisotopic (exact) mass is 469 g/mol. The number of aryl methyl sites for hydroxylation is 1. The van der Waals surface area contributed by atoms with Crippen molar-refractivity contribution in [2.75, 3.05) is 17.1 Å². The zero-order valence-electron chi connectivity index (χ0n) is 18.5. The molecule has 9 nitrogen and oxygen atoms in total. The fourth-order valence-corrected chi connectivity index (χ4v) is 4.25. The second-order valence-corrected chi connectivity index (χ2v) is 8.82. The fourth-order valence-electron chi connectivity index (χ4n) is 2.99. The van der Waals surface area contributed by atoms with Crippen LogP contribution in [0.1, 0.15) is 41.2 Å². The van der Waals surface area contributed by atoms with Gasteiger partial charge in [0, 0.05) is 18.2 Å². The van der Waals surface area contributed by atoms with Crippen LogP contribution in [0, 0.1) is 6.92 Å². The second-order valence-electron chi connectivity index (χ2n) is 7.17. The number of nitrogens with one attached hydrogen (secondary N) is 2. The lowest BCUT2D eigenvalue weighted by molar-refractivity contribution is -0.114. The summed E-state index contributed by atoms with van der Waals surface area (Å²) < 4.78 is 39.1. The summed E-state index contributed by atoms with van der Waals surface area (Å²) in [7, 11) is -2.62. The van der Waals surface area contributed by atoms with Gasteiger partial charge >= 0.3 is 0 Å². The molecule has 10 heteroatoms. The van der Waals surface area contributed by atoms with Gasteiger partial charge in [0.1, 0.15) is 22.0 Å². The molecule has 0 unspecified atom stereocenters. The highest BCUT2D eigenvalue weighted by Gasteiger charge is 2.20. The van der Waals surface area contributed by atoms with Crippen LogP contribution in [0.3, 0.4) is 0 Å². The lowest BCUT2D eigenvalue weighted by Gasteiger charge is -2.12. The number of nitrogens with zero attached hydrogens (tertiary/aromatic N) is 1. The first-order valence-corrected chi connectivity index (χ1v) is 11.3. The van der Waals surface area contributed by atoms with Gasteiger partial charge in [-0.3, -0.25) is 14.3 Å². The minimum atomic E-state index is -4.00. The summed E-state index contributed by atoms with van der Waals surface area (Å²) in [6.45, 7) is 4.50. The van der Waals surface area contributed by atoms with Gasteiger partial charge in [-0.1, -0.05) is 17.3 Å². The van der Waals surface area contributed by atoms with E-state index in [0.29, 0.717) is 34.0 Å². The maximum absolute atomic E-state index is 13.0. The predicted octanol–water partition coefficient (Wildman–Crippen LogP) is 4.12. The van der Waals surface area contributed by atoms with Crippen LogP contribution in [0.2, 0.25) is 0 Å². The van der Waals surface area contributed by atoms with E-state index in [2.05, 4.69) is 15.2 Å². The number of Topliss-reactive ketones (excluding diaryl/α,β-unsaturated/α-hetero) is 1. The number of benzene rings is 2. The van der Waals surface area contributed by atoms with Crippen LogP contribution in [0.25, 0.3) is 12.2 Å². The average molecular weight is 470 g/mol. The lowest BCUT2D eigenvalue weighted by atomic mass is 10.1. The molecule has 1 heterocycles. The van der Waals surface area contributed by atoms with Crippen molar-refractivity contribution in [3.63, 3.8) is 0 Å². The van der Waals surface area contributed by atoms with Crippen LogP contribution < -0.4 is 14.8 Å². The predicted molar refractivity (Wildman–Crippen MR) is 125 cm³/mol. The highest BCUT2D eigenvalue weighted by atomic mass is 32.2. The summed E-state index contributed by atoms with van der Waals surface area (Å²) in [6.07, 6.45) is 3.21. The maximum atomic E-state index is 13.0. The smallest absolute Gasteiger partial charge is 0.265 e. The van der Waals surface area contributed by atoms with Gasteiger partial charge in [-0.05, 0) is 61.9 Å². The molecule has 172 valence electrons. The molecule has 3 aromatic rings. The Hall–Kier alpha value is -3.92. The number of hydrogen-bond acceptors (Lipinski definition) is 7. The number of rotatable bonds is 8. The van der Waals surface area contributed by atoms with Gasteiger partial charge in [0.2, 0.25) is 5.91 Å². The highest BCUT2D eigenvalue weighted by molar-refractivity contribution is 7.92. The standard InChI is InChI=1S/C23H23N3O6S/c1-14-23(24-16(3)28)21(32-25-14)12-6-17-5-11-20(31-4)22(13-17)33(29,30)26-19-9-7-18(8-10-19)15(2)27/h5-13,26H,1-4H3,(H,24,28). The average Bonchev–Trinajstić information content (AvgIpc) is 3.11. The highest BCUT2D eigenvalue weighted by Crippen LogP contribution is 2.29. The first-order chi connectivity index (χ1) is 15.6. The molecule has 2 aromatic carbocycles. The van der Waals surface area contributed by atoms with Crippen LogP contribution in [0.15, 0.2) is 51.9 Å². The molecular formula is C23H23N3O6S. The topological polar surface area (TPSA) is 128 Å². The van der Waals surface area contributed by atoms with E-state index in [4.69, 9.17) is 9.26 Å². The van der Waals surface area contributed by atoms with Crippen LogP contribution in [0.4, 0.5) is 11.4 Å². The lowest BCUT2D eigenvalue weighted by Crippen LogP contribution is -2.14. The van der Waals surface area contributed by atoms with Crippen molar-refractivity contribution in [3.8, 4) is 5.75 Å². The molecule has 0 radical (unpaired) electrons. The minimum Gasteiger partial charge on any atom is -0.495 e. The molecule has 2 N–H and O–H groups in total. The Bertz CT molecular complexity index is 1320. The summed E-state index contributed by atoms with van der Waals surface area (Å²) in [6, 6.07) is 10.8. The van der Waals surface area contributed by atoms with Crippen molar-refractivity contribution in [1.82, 2.24) is 5.16 Å². The number of ketones is 1. The van der Waals surface area contributed by atoms with Gasteiger partial charge < -0.3 is 14.6 Å². The number of carbonyl (C=O) groups is 2. The molecule has 33 heavy (non-hydrogen) atoms. The normalized spacial score (nSPS) is 11.4. The summed E-state index contributed by atoms with van der Waals surface area (Å²) in [5.74, 6) is 0.103. The number of hydrogen-bond donors (Lipinski definition) is 2. The minimum absolute atomic E-state index is 0.0707. The molecule has 0 aliphatic carbocycles. The van der Waals surface area contributed by atoms with E-state index < -0.39 is 10.0 Å². The SMILES string of the molecule is COc1ccc(C=Cc2onc(C)c2NC(C)=O)cc1S(=O)(=O)Nc1ccc(C(C)=O)cc1. The molecule has 3 rings (SSSR count). The van der Waals surface area contributed by atoms with Crippen LogP contribution in [-0.4, -0.2) is 32.4 Å². The summed E-state index contributed by atoms with van der Waals surface area (Å²) >= 11 is 0. The van der Waals surface area contributed by atoms with E-state index in [0.717, 1.165) is 0 Å². The third kappa shape index (κ3) is 5.66. The van der Waals surface area contributed by atoms with Gasteiger partial charge in [-0.2, -0.15) is 0 Å². The van der Waals surface area contributed by atoms with Crippen molar-refractivity contribution in [2.45, 2.75) is 25.7 Å². The van der Waals surface area contributed by atoms with Gasteiger partial charge in [0.25, 0.3) is 10.0 Å². The largest absolute Gasteiger partial charge is 0.495 e. The van der Waals surface area contributed by atoms with Crippen molar-refractivity contribution in [1.29, 1.82) is 0 Å². The van der Waals surface area contributed by atoms with E-state index in [1.54, 1.807) is 37.3 Å². The van der Waals surface area contributed by atoms with Crippen LogP contribution >= 0.6 is 0 Å². The van der Waals surface area contributed by atoms with Gasteiger partial charge in [0.05, 0.1) is 7.11 Å². The quantitative estimate of drug-likeness (QED) is 0.475. The fraction of sp³-hybridized carbons (Fsp3) is 0.174. The summed E-state index contributed by atoms with van der Waals surface area (Å²) in [5.41, 5.74) is 2.29. The van der Waals surface area contributed by atoms with Gasteiger partial charge in [0.15, 0.2) is 11.5 Å². The van der Waals surface area contributed by atoms with Crippen molar-refractivity contribution < 1.29 is 27.3 Å². The number of carbonyl (C=O) groups excluding carboxylic acids is 2. The molecule has 0 saturated heterocycles. The number of ether oxygens (including phenoxy) is 1. The van der Waals surface area contributed by atoms with Crippen LogP contribution in [-0.2, 0) is 14.8 Å². The van der Waals surface area contributed by atoms with E-state index in [-0.39, 0.29) is 22.3 Å². The molecule has 0 fully saturated rings. The van der Waals surface area contributed by atoms with E-state index in [1.165, 1.54) is 45.2 Å². The second kappa shape index (κ2) is 9.70. The van der Waals surface area contributed by atoms with Crippen molar-refractivity contribution in [2.24, 2.45) is 0 Å². The first kappa shape index (κ1) is 23.7. The Kier molecular flexibility index (Phi) is 6.98. The van der Waals surface area contributed by atoms with E-state index >= 15 is 0 Å². The van der Waals surface area contributed by atoms with Gasteiger partial charge in [-0.25, -0.2) is 8.42 Å². The number of aromatic nitrogens is 1. The number of anilines is 2. The van der Waals surface area contributed by atoms with Crippen molar-refractivity contribution in [3.05, 3.63) is 65.0 Å². The zero-order chi connectivity index (χ0) is 24.2. The van der Waals surface area contributed by atoms with E-state index in [9.17, 15) is 18.0 Å². The number of methoxy groups -OCH3 is 1. The Balaban J connectivity index is 1.91. The Morgan fingerprint density at radius 1 is 1.06 bits per heavy atom. The van der Waals surface area contributed by atoms with Crippen LogP contribution in [0.5, 0.6) is 5.75 Å². The Morgan fingerprint density at radius 3 is 2.36 bits per heavy atom. The molecule has 0 aliphatic heterocycles. The molecule has 1 aromatic heterocycles. The van der Waals surface area contributed by atoms with E-state index in [1.807, 2.05) is 0 Å². The molecule has 0 bridgehead atoms. The molecular weight excluding hydrogens is 446 g/mol. The maximum Gasteiger partial charge on any atom is 0.265 e. The Labute approximate surface area is 191 Å². The molecule has 0 aliphatic rings. The molecule has 0 spiro atoms. The molecule has 1 amide bonds. The number of amides is 1. The third-order valence-corrected chi connectivity index (χ3v) is 6.04. The van der Waals surface area contributed by atoms with Gasteiger partial charge in [-0.15, -0.1) is 0 Å². The van der Waals surface area contributed by atoms with Crippen molar-refractivity contribution >= 4 is 45.2 Å². The number of sulfonamides is 1. The Morgan fingerprint density at radius 2 is 1.76 bits per heavy atom. The summed E-state index contributed by atoms with van der Waals surface area (Å²) in [4.78, 5) is 22.8.